The van der Waals surface area contributed by atoms with Crippen molar-refractivity contribution in [2.24, 2.45) is 0 Å². The first-order valence-corrected chi connectivity index (χ1v) is 6.17. The molecule has 1 aromatic heterocycles. The van der Waals surface area contributed by atoms with E-state index in [-0.39, 0.29) is 6.85 Å². The van der Waals surface area contributed by atoms with Gasteiger partial charge in [-0.3, -0.25) is 0 Å². The van der Waals surface area contributed by atoms with Crippen LogP contribution in [0.25, 0.3) is 0 Å². The minimum atomic E-state index is 0.252. The molecule has 2 aromatic carbocycles. The average Bonchev–Trinajstić information content (AvgIpc) is 2.95. The number of nitrogens with zero attached hydrogens (tertiary/aromatic N) is 1. The Morgan fingerprint density at radius 3 is 1.44 bits per heavy atom. The first-order chi connectivity index (χ1) is 8.95. The lowest BCUT2D eigenvalue weighted by Gasteiger charge is -2.16. The number of hydrogen-bond donors (Lipinski definition) is 0. The lowest BCUT2D eigenvalue weighted by molar-refractivity contribution is 1.22. The summed E-state index contributed by atoms with van der Waals surface area (Å²) in [5.74, 6) is 0. The fourth-order valence-corrected chi connectivity index (χ4v) is 2.33. The summed E-state index contributed by atoms with van der Waals surface area (Å²) in [5.41, 5.74) is 2.61. The molecule has 1 nitrogen and oxygen atoms in total. The predicted octanol–water partition coefficient (Wildman–Crippen LogP) is 2.14. The van der Waals surface area contributed by atoms with E-state index < -0.39 is 0 Å². The fourth-order valence-electron chi connectivity index (χ4n) is 2.33. The highest BCUT2D eigenvalue weighted by Crippen LogP contribution is 1.98. The largest absolute Gasteiger partial charge is 0.389 e. The lowest BCUT2D eigenvalue weighted by atomic mass is 9.50. The van der Waals surface area contributed by atoms with Gasteiger partial charge in [0.05, 0.1) is 0 Å². The van der Waals surface area contributed by atoms with Crippen molar-refractivity contribution < 1.29 is 0 Å². The van der Waals surface area contributed by atoms with Gasteiger partial charge < -0.3 is 4.48 Å². The van der Waals surface area contributed by atoms with Gasteiger partial charge in [-0.15, -0.1) is 0 Å². The summed E-state index contributed by atoms with van der Waals surface area (Å²) in [5, 5.41) is 0. The molecule has 0 aliphatic rings. The summed E-state index contributed by atoms with van der Waals surface area (Å²) in [6.45, 7) is 0.252. The van der Waals surface area contributed by atoms with Gasteiger partial charge in [0.15, 0.2) is 0 Å². The average molecular weight is 231 g/mol. The van der Waals surface area contributed by atoms with Crippen LogP contribution in [0.5, 0.6) is 0 Å². The molecule has 2 heteroatoms. The minimum absolute atomic E-state index is 0.252. The minimum Gasteiger partial charge on any atom is -0.389 e. The number of aromatic nitrogens is 1. The summed E-state index contributed by atoms with van der Waals surface area (Å²) in [6, 6.07) is 25.3. The van der Waals surface area contributed by atoms with Crippen LogP contribution in [0, 0.1) is 0 Å². The zero-order chi connectivity index (χ0) is 12.2. The van der Waals surface area contributed by atoms with Gasteiger partial charge in [0.1, 0.15) is 0 Å². The molecule has 0 radical (unpaired) electrons. The molecule has 0 unspecified atom stereocenters. The van der Waals surface area contributed by atoms with Crippen LogP contribution in [0.1, 0.15) is 0 Å². The van der Waals surface area contributed by atoms with Gasteiger partial charge >= 0.3 is 6.85 Å². The number of rotatable bonds is 3. The van der Waals surface area contributed by atoms with E-state index in [2.05, 4.69) is 89.7 Å². The lowest BCUT2D eigenvalue weighted by Crippen LogP contribution is -2.48. The first kappa shape index (κ1) is 10.9. The molecule has 86 valence electrons. The second kappa shape index (κ2) is 4.97. The molecule has 0 fully saturated rings. The number of benzene rings is 2. The molecular weight excluding hydrogens is 217 g/mol. The highest BCUT2D eigenvalue weighted by Gasteiger charge is 2.20. The zero-order valence-electron chi connectivity index (χ0n) is 10.1. The van der Waals surface area contributed by atoms with Crippen molar-refractivity contribution in [3.05, 3.63) is 85.2 Å². The molecule has 1 heterocycles. The van der Waals surface area contributed by atoms with Crippen molar-refractivity contribution in [2.75, 3.05) is 0 Å². The van der Waals surface area contributed by atoms with Crippen molar-refractivity contribution >= 4 is 17.8 Å². The Labute approximate surface area is 108 Å². The maximum absolute atomic E-state index is 2.24. The van der Waals surface area contributed by atoms with Gasteiger partial charge in [-0.05, 0) is 24.5 Å². The van der Waals surface area contributed by atoms with Gasteiger partial charge in [-0.2, -0.15) is 0 Å². The normalized spacial score (nSPS) is 10.2. The smallest absolute Gasteiger partial charge is 0.327 e. The Kier molecular flexibility index (Phi) is 3.01. The van der Waals surface area contributed by atoms with Crippen LogP contribution in [-0.4, -0.2) is 11.3 Å². The maximum Gasteiger partial charge on any atom is 0.327 e. The first-order valence-electron chi connectivity index (χ1n) is 6.17. The summed E-state index contributed by atoms with van der Waals surface area (Å²) < 4.78 is 2.24. The standard InChI is InChI=1S/C16H14BN/c1-3-9-15(10-4-1)17(18-13-7-8-14-18)16-11-5-2-6-12-16/h1-14H. The molecule has 18 heavy (non-hydrogen) atoms. The van der Waals surface area contributed by atoms with Crippen LogP contribution in [-0.2, 0) is 0 Å². The third-order valence-electron chi connectivity index (χ3n) is 3.16. The van der Waals surface area contributed by atoms with Gasteiger partial charge in [0.25, 0.3) is 0 Å². The van der Waals surface area contributed by atoms with Crippen LogP contribution in [0.4, 0.5) is 0 Å². The van der Waals surface area contributed by atoms with E-state index in [0.29, 0.717) is 0 Å². The highest BCUT2D eigenvalue weighted by atomic mass is 14.9. The predicted molar refractivity (Wildman–Crippen MR) is 77.7 cm³/mol. The van der Waals surface area contributed by atoms with Crippen LogP contribution >= 0.6 is 0 Å². The van der Waals surface area contributed by atoms with Gasteiger partial charge in [-0.1, -0.05) is 71.6 Å². The number of hydrogen-bond acceptors (Lipinski definition) is 0. The molecule has 0 spiro atoms. The van der Waals surface area contributed by atoms with Gasteiger partial charge in [-0.25, -0.2) is 0 Å². The van der Waals surface area contributed by atoms with E-state index in [9.17, 15) is 0 Å². The molecule has 0 bridgehead atoms. The van der Waals surface area contributed by atoms with E-state index >= 15 is 0 Å². The van der Waals surface area contributed by atoms with E-state index in [0.717, 1.165) is 0 Å². The summed E-state index contributed by atoms with van der Waals surface area (Å²) in [4.78, 5) is 0. The third-order valence-corrected chi connectivity index (χ3v) is 3.16. The van der Waals surface area contributed by atoms with Crippen molar-refractivity contribution in [3.8, 4) is 0 Å². The molecule has 0 saturated heterocycles. The second-order valence-electron chi connectivity index (χ2n) is 4.35. The molecule has 0 amide bonds. The molecule has 3 aromatic rings. The molecular formula is C16H14BN. The Morgan fingerprint density at radius 1 is 0.556 bits per heavy atom. The van der Waals surface area contributed by atoms with E-state index in [1.165, 1.54) is 10.9 Å². The van der Waals surface area contributed by atoms with Crippen molar-refractivity contribution in [2.45, 2.75) is 0 Å². The van der Waals surface area contributed by atoms with E-state index in [1.54, 1.807) is 0 Å². The van der Waals surface area contributed by atoms with E-state index in [4.69, 9.17) is 0 Å². The molecule has 0 aliphatic heterocycles. The summed E-state index contributed by atoms with van der Waals surface area (Å²) >= 11 is 0. The van der Waals surface area contributed by atoms with Gasteiger partial charge in [0.2, 0.25) is 0 Å². The zero-order valence-corrected chi connectivity index (χ0v) is 10.1. The molecule has 0 aliphatic carbocycles. The van der Waals surface area contributed by atoms with Crippen LogP contribution in [0.15, 0.2) is 85.2 Å². The maximum atomic E-state index is 2.24. The Balaban J connectivity index is 2.11. The summed E-state index contributed by atoms with van der Waals surface area (Å²) in [6.07, 6.45) is 4.23. The molecule has 0 atom stereocenters. The second-order valence-corrected chi connectivity index (χ2v) is 4.35. The van der Waals surface area contributed by atoms with Gasteiger partial charge in [0, 0.05) is 0 Å². The van der Waals surface area contributed by atoms with Crippen LogP contribution < -0.4 is 10.9 Å². The fraction of sp³-hybridized carbons (Fsp3) is 0. The topological polar surface area (TPSA) is 4.93 Å². The molecule has 0 N–H and O–H groups in total. The Morgan fingerprint density at radius 2 is 1.00 bits per heavy atom. The highest BCUT2D eigenvalue weighted by molar-refractivity contribution is 6.83. The van der Waals surface area contributed by atoms with Crippen molar-refractivity contribution in [1.82, 2.24) is 4.48 Å². The van der Waals surface area contributed by atoms with Crippen LogP contribution in [0.2, 0.25) is 0 Å². The van der Waals surface area contributed by atoms with Crippen molar-refractivity contribution in [1.29, 1.82) is 0 Å². The Hall–Kier alpha value is -2.22. The van der Waals surface area contributed by atoms with Crippen molar-refractivity contribution in [3.63, 3.8) is 0 Å². The SMILES string of the molecule is c1ccc(B(c2ccccc2)n2cccc2)cc1. The molecule has 3 rings (SSSR count). The Bertz CT molecular complexity index is 548. The quantitative estimate of drug-likeness (QED) is 0.608. The van der Waals surface area contributed by atoms with E-state index in [1.807, 2.05) is 0 Å². The monoisotopic (exact) mass is 231 g/mol. The molecule has 0 saturated carbocycles. The summed E-state index contributed by atoms with van der Waals surface area (Å²) in [7, 11) is 0. The van der Waals surface area contributed by atoms with Crippen LogP contribution in [0.3, 0.4) is 0 Å². The third kappa shape index (κ3) is 2.10.